The zero-order chi connectivity index (χ0) is 14.7. The van der Waals surface area contributed by atoms with Gasteiger partial charge in [0.15, 0.2) is 0 Å². The molecular weight excluding hydrogens is 283 g/mol. The van der Waals surface area contributed by atoms with E-state index in [2.05, 4.69) is 5.32 Å². The van der Waals surface area contributed by atoms with Gasteiger partial charge in [0.2, 0.25) is 5.91 Å². The third kappa shape index (κ3) is 3.13. The number of anilines is 1. The summed E-state index contributed by atoms with van der Waals surface area (Å²) < 4.78 is 13.0. The first kappa shape index (κ1) is 14.0. The number of halogens is 2. The first-order valence-corrected chi connectivity index (χ1v) is 6.01. The molecule has 4 nitrogen and oxygen atoms in total. The molecule has 0 saturated carbocycles. The van der Waals surface area contributed by atoms with Crippen LogP contribution in [-0.4, -0.2) is 11.8 Å². The standard InChI is InChI=1S/C14H10ClFN2O2/c15-11-5-4-8(13(17)19)7-12(11)18-14(20)9-2-1-3-10(16)6-9/h1-7H,(H2,17,19)(H,18,20). The summed E-state index contributed by atoms with van der Waals surface area (Å²) in [4.78, 5) is 23.0. The molecule has 0 spiro atoms. The van der Waals surface area contributed by atoms with Crippen molar-refractivity contribution >= 4 is 29.1 Å². The molecule has 2 aromatic carbocycles. The highest BCUT2D eigenvalue weighted by Crippen LogP contribution is 2.23. The van der Waals surface area contributed by atoms with Gasteiger partial charge in [-0.3, -0.25) is 9.59 Å². The van der Waals surface area contributed by atoms with Crippen LogP contribution >= 0.6 is 11.6 Å². The Labute approximate surface area is 119 Å². The number of amides is 2. The van der Waals surface area contributed by atoms with Crippen molar-refractivity contribution in [1.82, 2.24) is 0 Å². The molecule has 0 aliphatic heterocycles. The van der Waals surface area contributed by atoms with Gasteiger partial charge in [0.1, 0.15) is 5.82 Å². The van der Waals surface area contributed by atoms with Gasteiger partial charge in [0, 0.05) is 11.1 Å². The minimum atomic E-state index is -0.636. The maximum absolute atomic E-state index is 13.0. The second-order valence-corrected chi connectivity index (χ2v) is 4.43. The van der Waals surface area contributed by atoms with Gasteiger partial charge in [-0.2, -0.15) is 0 Å². The van der Waals surface area contributed by atoms with E-state index in [1.807, 2.05) is 0 Å². The van der Waals surface area contributed by atoms with E-state index in [0.717, 1.165) is 6.07 Å². The van der Waals surface area contributed by atoms with E-state index < -0.39 is 17.6 Å². The van der Waals surface area contributed by atoms with Gasteiger partial charge in [-0.25, -0.2) is 4.39 Å². The number of rotatable bonds is 3. The predicted molar refractivity (Wildman–Crippen MR) is 74.3 cm³/mol. The Bertz CT molecular complexity index is 689. The molecule has 0 aliphatic carbocycles. The predicted octanol–water partition coefficient (Wildman–Crippen LogP) is 2.83. The Hall–Kier alpha value is -2.40. The summed E-state index contributed by atoms with van der Waals surface area (Å²) in [6, 6.07) is 9.47. The van der Waals surface area contributed by atoms with E-state index in [9.17, 15) is 14.0 Å². The number of nitrogens with one attached hydrogen (secondary N) is 1. The lowest BCUT2D eigenvalue weighted by Crippen LogP contribution is -2.15. The highest BCUT2D eigenvalue weighted by atomic mass is 35.5. The second-order valence-electron chi connectivity index (χ2n) is 4.02. The summed E-state index contributed by atoms with van der Waals surface area (Å²) in [6.45, 7) is 0. The van der Waals surface area contributed by atoms with Gasteiger partial charge in [0.05, 0.1) is 10.7 Å². The van der Waals surface area contributed by atoms with Crippen LogP contribution in [0.4, 0.5) is 10.1 Å². The molecule has 0 atom stereocenters. The van der Waals surface area contributed by atoms with Gasteiger partial charge in [-0.05, 0) is 36.4 Å². The number of benzene rings is 2. The third-order valence-electron chi connectivity index (χ3n) is 2.59. The molecule has 2 amide bonds. The van der Waals surface area contributed by atoms with Crippen LogP contribution in [0, 0.1) is 5.82 Å². The van der Waals surface area contributed by atoms with E-state index in [1.54, 1.807) is 0 Å². The zero-order valence-electron chi connectivity index (χ0n) is 10.2. The summed E-state index contributed by atoms with van der Waals surface area (Å²) in [7, 11) is 0. The molecule has 0 aromatic heterocycles. The van der Waals surface area contributed by atoms with Gasteiger partial charge in [0.25, 0.3) is 5.91 Å². The quantitative estimate of drug-likeness (QED) is 0.913. The maximum atomic E-state index is 13.0. The van der Waals surface area contributed by atoms with Crippen molar-refractivity contribution < 1.29 is 14.0 Å². The topological polar surface area (TPSA) is 72.2 Å². The van der Waals surface area contributed by atoms with Crippen LogP contribution in [0.1, 0.15) is 20.7 Å². The molecule has 0 saturated heterocycles. The molecule has 0 radical (unpaired) electrons. The molecule has 3 N–H and O–H groups in total. The summed E-state index contributed by atoms with van der Waals surface area (Å²) >= 11 is 5.92. The summed E-state index contributed by atoms with van der Waals surface area (Å²) in [5, 5.41) is 2.75. The van der Waals surface area contributed by atoms with E-state index in [0.29, 0.717) is 0 Å². The van der Waals surface area contributed by atoms with Crippen LogP contribution in [0.2, 0.25) is 5.02 Å². The summed E-state index contributed by atoms with van der Waals surface area (Å²) in [6.07, 6.45) is 0. The van der Waals surface area contributed by atoms with E-state index in [4.69, 9.17) is 17.3 Å². The third-order valence-corrected chi connectivity index (χ3v) is 2.92. The van der Waals surface area contributed by atoms with Crippen molar-refractivity contribution in [3.63, 3.8) is 0 Å². The van der Waals surface area contributed by atoms with Crippen LogP contribution < -0.4 is 11.1 Å². The molecule has 0 heterocycles. The molecule has 0 bridgehead atoms. The van der Waals surface area contributed by atoms with Crippen molar-refractivity contribution in [3.8, 4) is 0 Å². The fourth-order valence-corrected chi connectivity index (χ4v) is 1.76. The van der Waals surface area contributed by atoms with Crippen LogP contribution in [-0.2, 0) is 0 Å². The summed E-state index contributed by atoms with van der Waals surface area (Å²) in [5.74, 6) is -1.69. The SMILES string of the molecule is NC(=O)c1ccc(Cl)c(NC(=O)c2cccc(F)c2)c1. The fraction of sp³-hybridized carbons (Fsp3) is 0. The van der Waals surface area contributed by atoms with E-state index in [-0.39, 0.29) is 21.8 Å². The van der Waals surface area contributed by atoms with E-state index >= 15 is 0 Å². The largest absolute Gasteiger partial charge is 0.366 e. The van der Waals surface area contributed by atoms with Gasteiger partial charge >= 0.3 is 0 Å². The Kier molecular flexibility index (Phi) is 4.00. The molecule has 102 valence electrons. The molecular formula is C14H10ClFN2O2. The van der Waals surface area contributed by atoms with Crippen molar-refractivity contribution in [2.24, 2.45) is 5.73 Å². The van der Waals surface area contributed by atoms with E-state index in [1.165, 1.54) is 36.4 Å². The van der Waals surface area contributed by atoms with Crippen LogP contribution in [0.15, 0.2) is 42.5 Å². The number of hydrogen-bond donors (Lipinski definition) is 2. The lowest BCUT2D eigenvalue weighted by molar-refractivity contribution is 0.0996. The Morgan fingerprint density at radius 2 is 1.85 bits per heavy atom. The van der Waals surface area contributed by atoms with Crippen molar-refractivity contribution in [3.05, 3.63) is 64.4 Å². The van der Waals surface area contributed by atoms with Crippen molar-refractivity contribution in [1.29, 1.82) is 0 Å². The number of carbonyl (C=O) groups excluding carboxylic acids is 2. The number of carbonyl (C=O) groups is 2. The maximum Gasteiger partial charge on any atom is 0.255 e. The smallest absolute Gasteiger partial charge is 0.255 e. The van der Waals surface area contributed by atoms with Crippen molar-refractivity contribution in [2.45, 2.75) is 0 Å². The molecule has 6 heteroatoms. The average Bonchev–Trinajstić information content (AvgIpc) is 2.41. The lowest BCUT2D eigenvalue weighted by Gasteiger charge is -2.08. The first-order chi connectivity index (χ1) is 9.47. The fourth-order valence-electron chi connectivity index (χ4n) is 1.60. The van der Waals surface area contributed by atoms with Crippen LogP contribution in [0.5, 0.6) is 0 Å². The van der Waals surface area contributed by atoms with Crippen LogP contribution in [0.25, 0.3) is 0 Å². The number of hydrogen-bond acceptors (Lipinski definition) is 2. The Morgan fingerprint density at radius 1 is 1.10 bits per heavy atom. The normalized spacial score (nSPS) is 10.1. The highest BCUT2D eigenvalue weighted by molar-refractivity contribution is 6.34. The Balaban J connectivity index is 2.27. The minimum Gasteiger partial charge on any atom is -0.366 e. The first-order valence-electron chi connectivity index (χ1n) is 5.63. The molecule has 20 heavy (non-hydrogen) atoms. The van der Waals surface area contributed by atoms with Gasteiger partial charge in [-0.1, -0.05) is 17.7 Å². The highest BCUT2D eigenvalue weighted by Gasteiger charge is 2.11. The average molecular weight is 293 g/mol. The molecule has 0 unspecified atom stereocenters. The monoisotopic (exact) mass is 292 g/mol. The number of primary amides is 1. The molecule has 0 fully saturated rings. The van der Waals surface area contributed by atoms with Gasteiger partial charge < -0.3 is 11.1 Å². The molecule has 2 aromatic rings. The molecule has 0 aliphatic rings. The minimum absolute atomic E-state index is 0.144. The summed E-state index contributed by atoms with van der Waals surface area (Å²) in [5.41, 5.74) is 5.74. The van der Waals surface area contributed by atoms with Crippen LogP contribution in [0.3, 0.4) is 0 Å². The van der Waals surface area contributed by atoms with Gasteiger partial charge in [-0.15, -0.1) is 0 Å². The number of nitrogens with two attached hydrogens (primary N) is 1. The second kappa shape index (κ2) is 5.71. The van der Waals surface area contributed by atoms with Crippen molar-refractivity contribution in [2.75, 3.05) is 5.32 Å². The zero-order valence-corrected chi connectivity index (χ0v) is 10.9. The lowest BCUT2D eigenvalue weighted by atomic mass is 10.1. The molecule has 2 rings (SSSR count). The Morgan fingerprint density at radius 3 is 2.50 bits per heavy atom.